The van der Waals surface area contributed by atoms with Gasteiger partial charge in [-0.1, -0.05) is 48.5 Å². The van der Waals surface area contributed by atoms with Crippen LogP contribution in [-0.2, 0) is 6.18 Å². The van der Waals surface area contributed by atoms with Gasteiger partial charge in [-0.2, -0.15) is 13.2 Å². The molecule has 4 aromatic carbocycles. The van der Waals surface area contributed by atoms with Crippen LogP contribution in [0.5, 0.6) is 0 Å². The number of benzene rings is 4. The molecule has 1 N–H and O–H groups in total. The first-order valence-electron chi connectivity index (χ1n) is 11.6. The number of nitrogens with one attached hydrogen (secondary N) is 1. The van der Waals surface area contributed by atoms with Crippen molar-refractivity contribution >= 4 is 39.4 Å². The zero-order valence-electron chi connectivity index (χ0n) is 19.4. The first-order chi connectivity index (χ1) is 18.0. The first kappa shape index (κ1) is 23.2. The summed E-state index contributed by atoms with van der Waals surface area (Å²) in [4.78, 5) is 5.55. The van der Waals surface area contributed by atoms with Crippen LogP contribution < -0.4 is 4.72 Å². The monoisotopic (exact) mass is 511 g/mol. The van der Waals surface area contributed by atoms with Crippen molar-refractivity contribution in [2.24, 2.45) is 0 Å². The van der Waals surface area contributed by atoms with Gasteiger partial charge in [-0.3, -0.25) is 4.98 Å². The highest BCUT2D eigenvalue weighted by atomic mass is 32.2. The molecular formula is C30H20F3N3S. The number of rotatable bonds is 5. The molecule has 0 saturated heterocycles. The molecule has 7 heteroatoms. The van der Waals surface area contributed by atoms with E-state index in [1.807, 2.05) is 79.0 Å². The van der Waals surface area contributed by atoms with E-state index in [2.05, 4.69) is 20.3 Å². The highest BCUT2D eigenvalue weighted by molar-refractivity contribution is 8.00. The van der Waals surface area contributed by atoms with E-state index < -0.39 is 11.7 Å². The number of para-hydroxylation sites is 1. The summed E-state index contributed by atoms with van der Waals surface area (Å²) in [6.07, 6.45) is -0.572. The smallest absolute Gasteiger partial charge is 0.326 e. The van der Waals surface area contributed by atoms with Gasteiger partial charge in [0.05, 0.1) is 21.5 Å². The molecular weight excluding hydrogens is 491 g/mol. The van der Waals surface area contributed by atoms with Crippen molar-refractivity contribution in [3.63, 3.8) is 0 Å². The van der Waals surface area contributed by atoms with Gasteiger partial charge in [0.15, 0.2) is 0 Å². The molecule has 0 aliphatic heterocycles. The van der Waals surface area contributed by atoms with Crippen molar-refractivity contribution in [1.82, 2.24) is 9.55 Å². The number of halogens is 3. The van der Waals surface area contributed by atoms with E-state index in [0.717, 1.165) is 61.3 Å². The van der Waals surface area contributed by atoms with Crippen molar-refractivity contribution in [3.05, 3.63) is 121 Å². The molecule has 0 radical (unpaired) electrons. The molecule has 0 amide bonds. The zero-order valence-corrected chi connectivity index (χ0v) is 20.2. The molecule has 0 fully saturated rings. The van der Waals surface area contributed by atoms with E-state index in [-0.39, 0.29) is 0 Å². The van der Waals surface area contributed by atoms with Crippen LogP contribution in [0, 0.1) is 0 Å². The SMILES string of the molecule is FC(F)(F)c1ccc(-c2cccc3c2ccn3-c2cccc(NSc3cccc4cccnc34)c2)cc1. The van der Waals surface area contributed by atoms with Crippen LogP contribution in [0.1, 0.15) is 5.56 Å². The summed E-state index contributed by atoms with van der Waals surface area (Å²) in [6.45, 7) is 0. The van der Waals surface area contributed by atoms with Crippen LogP contribution in [0.15, 0.2) is 120 Å². The maximum Gasteiger partial charge on any atom is 0.416 e. The molecule has 0 spiro atoms. The summed E-state index contributed by atoms with van der Waals surface area (Å²) in [5.41, 5.74) is 4.82. The Morgan fingerprint density at radius 1 is 0.784 bits per heavy atom. The Morgan fingerprint density at radius 2 is 1.57 bits per heavy atom. The predicted octanol–water partition coefficient (Wildman–Crippen LogP) is 8.98. The lowest BCUT2D eigenvalue weighted by atomic mass is 10.0. The van der Waals surface area contributed by atoms with E-state index in [1.165, 1.54) is 24.1 Å². The van der Waals surface area contributed by atoms with Crippen LogP contribution in [0.3, 0.4) is 0 Å². The molecule has 0 aliphatic rings. The number of hydrogen-bond donors (Lipinski definition) is 1. The standard InChI is InChI=1S/C30H20F3N3S/c31-30(32,33)22-14-12-20(13-15-22)25-9-3-10-27-26(25)16-18-36(27)24-8-2-7-23(19-24)35-37-28-11-1-5-21-6-4-17-34-29(21)28/h1-19,35H. The number of aromatic nitrogens is 2. The van der Waals surface area contributed by atoms with Crippen molar-refractivity contribution in [3.8, 4) is 16.8 Å². The molecule has 0 aliphatic carbocycles. The third-order valence-corrected chi connectivity index (χ3v) is 7.14. The van der Waals surface area contributed by atoms with E-state index in [0.29, 0.717) is 0 Å². The Labute approximate surface area is 215 Å². The van der Waals surface area contributed by atoms with Gasteiger partial charge in [0.2, 0.25) is 0 Å². The second-order valence-electron chi connectivity index (χ2n) is 8.58. The molecule has 182 valence electrons. The Bertz CT molecular complexity index is 1720. The molecule has 2 aromatic heterocycles. The lowest BCUT2D eigenvalue weighted by molar-refractivity contribution is -0.137. The Hall–Kier alpha value is -4.23. The van der Waals surface area contributed by atoms with E-state index in [9.17, 15) is 13.2 Å². The maximum atomic E-state index is 13.0. The number of hydrogen-bond acceptors (Lipinski definition) is 3. The predicted molar refractivity (Wildman–Crippen MR) is 145 cm³/mol. The summed E-state index contributed by atoms with van der Waals surface area (Å²) < 4.78 is 44.5. The van der Waals surface area contributed by atoms with Gasteiger partial charge in [-0.05, 0) is 77.7 Å². The fourth-order valence-electron chi connectivity index (χ4n) is 4.47. The lowest BCUT2D eigenvalue weighted by Gasteiger charge is -2.12. The van der Waals surface area contributed by atoms with Crippen molar-refractivity contribution in [1.29, 1.82) is 0 Å². The van der Waals surface area contributed by atoms with Gasteiger partial charge in [-0.15, -0.1) is 0 Å². The van der Waals surface area contributed by atoms with Gasteiger partial charge in [0, 0.05) is 34.5 Å². The van der Waals surface area contributed by atoms with Crippen molar-refractivity contribution in [2.75, 3.05) is 4.72 Å². The molecule has 3 nitrogen and oxygen atoms in total. The van der Waals surface area contributed by atoms with Crippen molar-refractivity contribution in [2.45, 2.75) is 11.1 Å². The highest BCUT2D eigenvalue weighted by Crippen LogP contribution is 2.35. The topological polar surface area (TPSA) is 29.9 Å². The maximum absolute atomic E-state index is 13.0. The zero-order chi connectivity index (χ0) is 25.4. The van der Waals surface area contributed by atoms with E-state index in [1.54, 1.807) is 6.20 Å². The van der Waals surface area contributed by atoms with Gasteiger partial charge >= 0.3 is 6.18 Å². The lowest BCUT2D eigenvalue weighted by Crippen LogP contribution is -2.03. The normalized spacial score (nSPS) is 11.8. The van der Waals surface area contributed by atoms with Crippen LogP contribution in [0.25, 0.3) is 38.6 Å². The Morgan fingerprint density at radius 3 is 2.41 bits per heavy atom. The summed E-state index contributed by atoms with van der Waals surface area (Å²) >= 11 is 1.51. The number of pyridine rings is 1. The van der Waals surface area contributed by atoms with Gasteiger partial charge in [-0.25, -0.2) is 0 Å². The minimum absolute atomic E-state index is 0.650. The molecule has 0 atom stereocenters. The largest absolute Gasteiger partial charge is 0.416 e. The average Bonchev–Trinajstić information content (AvgIpc) is 3.36. The third kappa shape index (κ3) is 4.54. The van der Waals surface area contributed by atoms with Crippen LogP contribution >= 0.6 is 11.9 Å². The number of alkyl halides is 3. The summed E-state index contributed by atoms with van der Waals surface area (Å²) in [5.74, 6) is 0. The minimum atomic E-state index is -4.35. The Balaban J connectivity index is 1.30. The van der Waals surface area contributed by atoms with Gasteiger partial charge in [0.1, 0.15) is 0 Å². The summed E-state index contributed by atoms with van der Waals surface area (Å²) in [5, 5.41) is 2.06. The van der Waals surface area contributed by atoms with E-state index >= 15 is 0 Å². The molecule has 37 heavy (non-hydrogen) atoms. The fraction of sp³-hybridized carbons (Fsp3) is 0.0333. The second-order valence-corrected chi connectivity index (χ2v) is 9.43. The van der Waals surface area contributed by atoms with Crippen molar-refractivity contribution < 1.29 is 13.2 Å². The molecule has 0 unspecified atom stereocenters. The quantitative estimate of drug-likeness (QED) is 0.234. The third-order valence-electron chi connectivity index (χ3n) is 6.26. The number of anilines is 1. The molecule has 0 saturated carbocycles. The first-order valence-corrected chi connectivity index (χ1v) is 12.4. The summed E-state index contributed by atoms with van der Waals surface area (Å²) in [6, 6.07) is 31.4. The Kier molecular flexibility index (Phi) is 5.85. The fourth-order valence-corrected chi connectivity index (χ4v) is 5.24. The average molecular weight is 512 g/mol. The number of nitrogens with zero attached hydrogens (tertiary/aromatic N) is 2. The van der Waals surface area contributed by atoms with Crippen LogP contribution in [-0.4, -0.2) is 9.55 Å². The summed E-state index contributed by atoms with van der Waals surface area (Å²) in [7, 11) is 0. The van der Waals surface area contributed by atoms with Gasteiger partial charge < -0.3 is 9.29 Å². The van der Waals surface area contributed by atoms with Crippen LogP contribution in [0.4, 0.5) is 18.9 Å². The highest BCUT2D eigenvalue weighted by Gasteiger charge is 2.30. The number of fused-ring (bicyclic) bond motifs is 2. The van der Waals surface area contributed by atoms with Gasteiger partial charge in [0.25, 0.3) is 0 Å². The van der Waals surface area contributed by atoms with Crippen LogP contribution in [0.2, 0.25) is 0 Å². The minimum Gasteiger partial charge on any atom is -0.326 e. The van der Waals surface area contributed by atoms with E-state index in [4.69, 9.17) is 0 Å². The molecule has 6 aromatic rings. The molecule has 0 bridgehead atoms. The molecule has 6 rings (SSSR count). The second kappa shape index (κ2) is 9.33. The molecule has 2 heterocycles.